The molecule has 3 aliphatic rings. The molecule has 4 rings (SSSR count). The summed E-state index contributed by atoms with van der Waals surface area (Å²) in [6, 6.07) is -3.13. The lowest BCUT2D eigenvalue weighted by Crippen LogP contribution is -2.48. The number of nitrogens with zero attached hydrogens (tertiary/aromatic N) is 2. The molecule has 1 aromatic heterocycles. The van der Waals surface area contributed by atoms with E-state index in [0.717, 1.165) is 0 Å². The van der Waals surface area contributed by atoms with E-state index in [9.17, 15) is 35.9 Å². The van der Waals surface area contributed by atoms with E-state index in [2.05, 4.69) is 4.98 Å². The van der Waals surface area contributed by atoms with Crippen LogP contribution in [0.5, 0.6) is 0 Å². The quantitative estimate of drug-likeness (QED) is 0.399. The third kappa shape index (κ3) is 4.59. The van der Waals surface area contributed by atoms with Gasteiger partial charge in [0.1, 0.15) is 17.5 Å². The van der Waals surface area contributed by atoms with Crippen LogP contribution in [0.25, 0.3) is 5.70 Å². The maximum absolute atomic E-state index is 15.5. The molecule has 2 fully saturated rings. The molecule has 2 heterocycles. The standard InChI is InChI=1S/C21H24F7N5O3/c1-36-17-15-12(18(34)31-19(35)33(15)9-2-3-9)14(30)13(22)16(17)32-5-4-8(7-32)10(29)6-11(20(23,24)25)21(26,27)28/h6,8-10,16-17H,2-5,7,29-30H2,1H3,(H,31,34,35). The maximum Gasteiger partial charge on any atom is 0.421 e. The fraction of sp³-hybridized carbons (Fsp3) is 0.619. The highest BCUT2D eigenvalue weighted by molar-refractivity contribution is 5.70. The molecular weight excluding hydrogens is 503 g/mol. The first-order chi connectivity index (χ1) is 16.7. The fourth-order valence-corrected chi connectivity index (χ4v) is 5.01. The van der Waals surface area contributed by atoms with Gasteiger partial charge < -0.3 is 16.2 Å². The zero-order valence-corrected chi connectivity index (χ0v) is 18.9. The molecule has 15 heteroatoms. The van der Waals surface area contributed by atoms with E-state index in [1.807, 2.05) is 0 Å². The first kappa shape index (κ1) is 26.4. The molecule has 0 spiro atoms. The molecule has 4 unspecified atom stereocenters. The molecule has 2 aliphatic carbocycles. The van der Waals surface area contributed by atoms with Crippen molar-refractivity contribution in [2.45, 2.75) is 55.8 Å². The predicted molar refractivity (Wildman–Crippen MR) is 113 cm³/mol. The zero-order valence-electron chi connectivity index (χ0n) is 18.9. The molecule has 5 N–H and O–H groups in total. The van der Waals surface area contributed by atoms with Crippen molar-refractivity contribution in [3.8, 4) is 0 Å². The van der Waals surface area contributed by atoms with Gasteiger partial charge in [0.05, 0.1) is 23.0 Å². The number of hydrogen-bond donors (Lipinski definition) is 3. The molecular formula is C21H24F7N5O3. The number of allylic oxidation sites excluding steroid dienone is 1. The monoisotopic (exact) mass is 527 g/mol. The fourth-order valence-electron chi connectivity index (χ4n) is 5.01. The number of fused-ring (bicyclic) bond motifs is 1. The molecule has 0 aromatic carbocycles. The minimum absolute atomic E-state index is 0.0526. The SMILES string of the molecule is COC1c2c(c(=O)[nH]c(=O)n2C2CC2)C(N)=C(F)C1N1CCC(C(N)C=C(C(F)(F)F)C(F)(F)F)C1. The highest BCUT2D eigenvalue weighted by Crippen LogP contribution is 2.45. The average Bonchev–Trinajstić information content (AvgIpc) is 3.47. The van der Waals surface area contributed by atoms with E-state index in [4.69, 9.17) is 16.2 Å². The van der Waals surface area contributed by atoms with Crippen molar-refractivity contribution in [2.24, 2.45) is 17.4 Å². The van der Waals surface area contributed by atoms with Crippen LogP contribution in [0.2, 0.25) is 0 Å². The van der Waals surface area contributed by atoms with Crippen molar-refractivity contribution in [1.29, 1.82) is 0 Å². The van der Waals surface area contributed by atoms with Gasteiger partial charge in [-0.25, -0.2) is 9.18 Å². The molecule has 36 heavy (non-hydrogen) atoms. The van der Waals surface area contributed by atoms with Crippen molar-refractivity contribution in [2.75, 3.05) is 20.2 Å². The van der Waals surface area contributed by atoms with Crippen LogP contribution in [-0.2, 0) is 4.74 Å². The van der Waals surface area contributed by atoms with Crippen LogP contribution in [0.15, 0.2) is 27.1 Å². The maximum atomic E-state index is 15.5. The van der Waals surface area contributed by atoms with Crippen LogP contribution in [0.1, 0.15) is 42.7 Å². The van der Waals surface area contributed by atoms with Crippen molar-refractivity contribution in [3.05, 3.63) is 49.6 Å². The van der Waals surface area contributed by atoms with Gasteiger partial charge in [0.15, 0.2) is 0 Å². The van der Waals surface area contributed by atoms with Gasteiger partial charge in [0, 0.05) is 25.7 Å². The Kier molecular flexibility index (Phi) is 6.62. The Balaban J connectivity index is 1.68. The Morgan fingerprint density at radius 3 is 2.28 bits per heavy atom. The minimum Gasteiger partial charge on any atom is -0.396 e. The Labute approximate surface area is 199 Å². The van der Waals surface area contributed by atoms with Gasteiger partial charge in [0.2, 0.25) is 0 Å². The second-order valence-electron chi connectivity index (χ2n) is 9.18. The highest BCUT2D eigenvalue weighted by Gasteiger charge is 2.52. The summed E-state index contributed by atoms with van der Waals surface area (Å²) in [6.45, 7) is -0.116. The Morgan fingerprint density at radius 1 is 1.14 bits per heavy atom. The Hall–Kier alpha value is -2.65. The lowest BCUT2D eigenvalue weighted by Gasteiger charge is -2.38. The lowest BCUT2D eigenvalue weighted by atomic mass is 9.91. The van der Waals surface area contributed by atoms with Crippen LogP contribution in [0, 0.1) is 5.92 Å². The number of nitrogens with one attached hydrogen (secondary N) is 1. The topological polar surface area (TPSA) is 119 Å². The molecule has 4 atom stereocenters. The summed E-state index contributed by atoms with van der Waals surface area (Å²) in [5.74, 6) is -1.82. The molecule has 8 nitrogen and oxygen atoms in total. The summed E-state index contributed by atoms with van der Waals surface area (Å²) in [4.78, 5) is 28.6. The van der Waals surface area contributed by atoms with E-state index in [-0.39, 0.29) is 42.9 Å². The number of methoxy groups -OCH3 is 1. The van der Waals surface area contributed by atoms with E-state index in [1.54, 1.807) is 0 Å². The van der Waals surface area contributed by atoms with Crippen LogP contribution < -0.4 is 22.7 Å². The van der Waals surface area contributed by atoms with Crippen molar-refractivity contribution in [3.63, 3.8) is 0 Å². The molecule has 1 saturated carbocycles. The summed E-state index contributed by atoms with van der Waals surface area (Å²) >= 11 is 0. The smallest absolute Gasteiger partial charge is 0.396 e. The lowest BCUT2D eigenvalue weighted by molar-refractivity contribution is -0.172. The number of rotatable bonds is 5. The summed E-state index contributed by atoms with van der Waals surface area (Å²) in [5.41, 5.74) is 6.72. The largest absolute Gasteiger partial charge is 0.421 e. The summed E-state index contributed by atoms with van der Waals surface area (Å²) < 4.78 is 100.0. The minimum atomic E-state index is -5.65. The highest BCUT2D eigenvalue weighted by atomic mass is 19.4. The van der Waals surface area contributed by atoms with E-state index >= 15 is 4.39 Å². The second-order valence-corrected chi connectivity index (χ2v) is 9.18. The van der Waals surface area contributed by atoms with Crippen LogP contribution in [0.4, 0.5) is 30.7 Å². The molecule has 1 saturated heterocycles. The van der Waals surface area contributed by atoms with E-state index < -0.39 is 64.8 Å². The molecule has 1 aliphatic heterocycles. The molecule has 0 amide bonds. The number of alkyl halides is 6. The Bertz CT molecular complexity index is 1200. The van der Waals surface area contributed by atoms with Crippen LogP contribution in [-0.4, -0.2) is 59.1 Å². The number of hydrogen-bond acceptors (Lipinski definition) is 6. The summed E-state index contributed by atoms with van der Waals surface area (Å²) in [6.07, 6.45) is -11.2. The van der Waals surface area contributed by atoms with Gasteiger partial charge in [-0.15, -0.1) is 0 Å². The number of H-pyrrole nitrogens is 1. The van der Waals surface area contributed by atoms with E-state index in [0.29, 0.717) is 12.8 Å². The summed E-state index contributed by atoms with van der Waals surface area (Å²) in [5, 5.41) is 0. The van der Waals surface area contributed by atoms with Gasteiger partial charge in [-0.05, 0) is 31.7 Å². The number of likely N-dealkylation sites (tertiary alicyclic amines) is 1. The van der Waals surface area contributed by atoms with Gasteiger partial charge in [-0.3, -0.25) is 19.2 Å². The summed E-state index contributed by atoms with van der Waals surface area (Å²) in [7, 11) is 1.24. The van der Waals surface area contributed by atoms with Gasteiger partial charge >= 0.3 is 18.0 Å². The van der Waals surface area contributed by atoms with Crippen LogP contribution >= 0.6 is 0 Å². The molecule has 0 radical (unpaired) electrons. The van der Waals surface area contributed by atoms with Crippen molar-refractivity contribution < 1.29 is 35.5 Å². The Morgan fingerprint density at radius 2 is 1.75 bits per heavy atom. The zero-order chi connectivity index (χ0) is 26.7. The van der Waals surface area contributed by atoms with Crippen molar-refractivity contribution in [1.82, 2.24) is 14.5 Å². The molecule has 1 aromatic rings. The normalized spacial score (nSPS) is 26.2. The second kappa shape index (κ2) is 9.03. The van der Waals surface area contributed by atoms with Gasteiger partial charge in [-0.1, -0.05) is 6.08 Å². The first-order valence-corrected chi connectivity index (χ1v) is 11.1. The average molecular weight is 527 g/mol. The van der Waals surface area contributed by atoms with Crippen molar-refractivity contribution >= 4 is 5.70 Å². The number of ether oxygens (including phenoxy) is 1. The molecule has 0 bridgehead atoms. The van der Waals surface area contributed by atoms with Gasteiger partial charge in [-0.2, -0.15) is 26.3 Å². The number of halogens is 7. The van der Waals surface area contributed by atoms with Crippen LogP contribution in [0.3, 0.4) is 0 Å². The number of nitrogens with two attached hydrogens (primary N) is 2. The molecule has 200 valence electrons. The third-order valence-electron chi connectivity index (χ3n) is 6.85. The number of aromatic amines is 1. The third-order valence-corrected chi connectivity index (χ3v) is 6.85. The number of aromatic nitrogens is 2. The van der Waals surface area contributed by atoms with Gasteiger partial charge in [0.25, 0.3) is 5.56 Å². The first-order valence-electron chi connectivity index (χ1n) is 11.1. The predicted octanol–water partition coefficient (Wildman–Crippen LogP) is 2.24. The van der Waals surface area contributed by atoms with E-state index in [1.165, 1.54) is 16.6 Å².